The summed E-state index contributed by atoms with van der Waals surface area (Å²) in [6.07, 6.45) is 3.01. The van der Waals surface area contributed by atoms with Gasteiger partial charge in [0.15, 0.2) is 0 Å². The Hall–Kier alpha value is -3.31. The summed E-state index contributed by atoms with van der Waals surface area (Å²) in [5, 5.41) is 3.12. The summed E-state index contributed by atoms with van der Waals surface area (Å²) in [7, 11) is 4.30. The highest BCUT2D eigenvalue weighted by atomic mass is 16.2. The van der Waals surface area contributed by atoms with E-state index in [2.05, 4.69) is 102 Å². The van der Waals surface area contributed by atoms with Crippen LogP contribution in [0.15, 0.2) is 84.9 Å². The van der Waals surface area contributed by atoms with E-state index in [9.17, 15) is 4.79 Å². The average molecular weight is 469 g/mol. The molecule has 2 amide bonds. The van der Waals surface area contributed by atoms with Crippen LogP contribution in [0.3, 0.4) is 0 Å². The van der Waals surface area contributed by atoms with Crippen molar-refractivity contribution in [2.24, 2.45) is 0 Å². The van der Waals surface area contributed by atoms with E-state index in [4.69, 9.17) is 0 Å². The van der Waals surface area contributed by atoms with Crippen molar-refractivity contribution in [2.75, 3.05) is 50.5 Å². The first-order chi connectivity index (χ1) is 17.0. The predicted octanol–water partition coefficient (Wildman–Crippen LogP) is 5.44. The molecule has 1 atom stereocenters. The largest absolute Gasteiger partial charge is 0.370 e. The van der Waals surface area contributed by atoms with Gasteiger partial charge in [0.1, 0.15) is 0 Å². The van der Waals surface area contributed by atoms with Crippen LogP contribution in [-0.2, 0) is 5.41 Å². The van der Waals surface area contributed by atoms with Gasteiger partial charge >= 0.3 is 6.03 Å². The second-order valence-corrected chi connectivity index (χ2v) is 10.1. The maximum Gasteiger partial charge on any atom is 0.321 e. The van der Waals surface area contributed by atoms with Gasteiger partial charge in [0.2, 0.25) is 0 Å². The molecular formula is C30H36N4O. The number of piperidine rings is 1. The number of nitrogens with one attached hydrogen (secondary N) is 1. The standard InChI is InChI=1S/C30H36N4O/c1-32(2)28-17-20-34(23-28)27-15-13-26(14-16-27)31-29(35)33-21-18-30(19-22-33,24-9-5-3-6-10-24)25-11-7-4-8-12-25/h3-16,28H,17-23H2,1-2H3,(H,31,35). The van der Waals surface area contributed by atoms with Gasteiger partial charge in [-0.15, -0.1) is 0 Å². The Bertz CT molecular complexity index is 1060. The summed E-state index contributed by atoms with van der Waals surface area (Å²) in [5.41, 5.74) is 4.69. The highest BCUT2D eigenvalue weighted by Crippen LogP contribution is 2.41. The zero-order chi connectivity index (χ0) is 24.3. The normalized spacial score (nSPS) is 19.7. The minimum atomic E-state index is -0.0545. The molecule has 5 rings (SSSR count). The molecule has 2 fully saturated rings. The van der Waals surface area contributed by atoms with Crippen LogP contribution < -0.4 is 10.2 Å². The minimum Gasteiger partial charge on any atom is -0.370 e. The van der Waals surface area contributed by atoms with Crippen molar-refractivity contribution in [3.05, 3.63) is 96.1 Å². The Morgan fingerprint density at radius 1 is 0.829 bits per heavy atom. The number of hydrogen-bond donors (Lipinski definition) is 1. The SMILES string of the molecule is CN(C)C1CCN(c2ccc(NC(=O)N3CCC(c4ccccc4)(c4ccccc4)CC3)cc2)C1. The van der Waals surface area contributed by atoms with Crippen LogP contribution in [0.25, 0.3) is 0 Å². The lowest BCUT2D eigenvalue weighted by molar-refractivity contribution is 0.180. The van der Waals surface area contributed by atoms with Crippen molar-refractivity contribution in [3.8, 4) is 0 Å². The van der Waals surface area contributed by atoms with Gasteiger partial charge in [-0.2, -0.15) is 0 Å². The summed E-state index contributed by atoms with van der Waals surface area (Å²) in [4.78, 5) is 19.8. The number of nitrogens with zero attached hydrogens (tertiary/aromatic N) is 3. The van der Waals surface area contributed by atoms with Gasteiger partial charge in [0.25, 0.3) is 0 Å². The summed E-state index contributed by atoms with van der Waals surface area (Å²) in [6.45, 7) is 3.59. The van der Waals surface area contributed by atoms with Crippen molar-refractivity contribution >= 4 is 17.4 Å². The zero-order valence-electron chi connectivity index (χ0n) is 20.9. The molecule has 0 saturated carbocycles. The van der Waals surface area contributed by atoms with Gasteiger partial charge in [0.05, 0.1) is 0 Å². The first kappa shape index (κ1) is 23.4. The third-order valence-electron chi connectivity index (χ3n) is 7.93. The van der Waals surface area contributed by atoms with Gasteiger partial charge in [-0.25, -0.2) is 4.79 Å². The summed E-state index contributed by atoms with van der Waals surface area (Å²) in [6, 6.07) is 30.4. The first-order valence-electron chi connectivity index (χ1n) is 12.7. The van der Waals surface area contributed by atoms with Crippen molar-refractivity contribution in [3.63, 3.8) is 0 Å². The molecule has 0 aliphatic carbocycles. The number of carbonyl (C=O) groups excluding carboxylic acids is 1. The fourth-order valence-corrected chi connectivity index (χ4v) is 5.71. The molecule has 1 unspecified atom stereocenters. The van der Waals surface area contributed by atoms with E-state index < -0.39 is 0 Å². The number of anilines is 2. The molecule has 5 nitrogen and oxygen atoms in total. The van der Waals surface area contributed by atoms with Crippen LogP contribution in [0.5, 0.6) is 0 Å². The number of likely N-dealkylation sites (N-methyl/N-ethyl adjacent to an activating group) is 1. The van der Waals surface area contributed by atoms with Crippen LogP contribution in [0.1, 0.15) is 30.4 Å². The molecular weight excluding hydrogens is 432 g/mol. The van der Waals surface area contributed by atoms with E-state index in [1.165, 1.54) is 23.2 Å². The summed E-state index contributed by atoms with van der Waals surface area (Å²) in [5.74, 6) is 0. The van der Waals surface area contributed by atoms with Crippen molar-refractivity contribution in [2.45, 2.75) is 30.7 Å². The van der Waals surface area contributed by atoms with E-state index in [1.54, 1.807) is 0 Å². The van der Waals surface area contributed by atoms with Gasteiger partial charge in [-0.1, -0.05) is 60.7 Å². The van der Waals surface area contributed by atoms with Crippen LogP contribution in [0.2, 0.25) is 0 Å². The second-order valence-electron chi connectivity index (χ2n) is 10.1. The van der Waals surface area contributed by atoms with Gasteiger partial charge in [-0.05, 0) is 68.8 Å². The van der Waals surface area contributed by atoms with Crippen LogP contribution in [0.4, 0.5) is 16.2 Å². The van der Waals surface area contributed by atoms with E-state index >= 15 is 0 Å². The highest BCUT2D eigenvalue weighted by molar-refractivity contribution is 5.89. The number of rotatable bonds is 5. The molecule has 0 spiro atoms. The van der Waals surface area contributed by atoms with Gasteiger partial charge in [-0.3, -0.25) is 0 Å². The number of urea groups is 1. The maximum atomic E-state index is 13.1. The van der Waals surface area contributed by atoms with Crippen molar-refractivity contribution < 1.29 is 4.79 Å². The Kier molecular flexibility index (Phi) is 6.78. The first-order valence-corrected chi connectivity index (χ1v) is 12.7. The zero-order valence-corrected chi connectivity index (χ0v) is 20.9. The molecule has 0 aromatic heterocycles. The summed E-state index contributed by atoms with van der Waals surface area (Å²) >= 11 is 0. The Morgan fingerprint density at radius 2 is 1.40 bits per heavy atom. The van der Waals surface area contributed by atoms with Crippen molar-refractivity contribution in [1.82, 2.24) is 9.80 Å². The lowest BCUT2D eigenvalue weighted by Crippen LogP contribution is -2.47. The van der Waals surface area contributed by atoms with E-state index in [1.807, 2.05) is 17.0 Å². The fraction of sp³-hybridized carbons (Fsp3) is 0.367. The van der Waals surface area contributed by atoms with Crippen LogP contribution in [-0.4, -0.2) is 62.1 Å². The highest BCUT2D eigenvalue weighted by Gasteiger charge is 2.38. The van der Waals surface area contributed by atoms with E-state index in [0.717, 1.165) is 44.7 Å². The number of likely N-dealkylation sites (tertiary alicyclic amines) is 1. The molecule has 182 valence electrons. The molecule has 2 aliphatic heterocycles. The Labute approximate surface area is 209 Å². The number of hydrogen-bond acceptors (Lipinski definition) is 3. The topological polar surface area (TPSA) is 38.8 Å². The van der Waals surface area contributed by atoms with E-state index in [0.29, 0.717) is 6.04 Å². The van der Waals surface area contributed by atoms with Gasteiger partial charge in [0, 0.05) is 49.0 Å². The predicted molar refractivity (Wildman–Crippen MR) is 144 cm³/mol. The number of carbonyl (C=O) groups is 1. The fourth-order valence-electron chi connectivity index (χ4n) is 5.71. The summed E-state index contributed by atoms with van der Waals surface area (Å²) < 4.78 is 0. The molecule has 0 bridgehead atoms. The molecule has 2 aliphatic rings. The van der Waals surface area contributed by atoms with Crippen LogP contribution >= 0.6 is 0 Å². The molecule has 1 N–H and O–H groups in total. The molecule has 35 heavy (non-hydrogen) atoms. The van der Waals surface area contributed by atoms with E-state index in [-0.39, 0.29) is 11.4 Å². The second kappa shape index (κ2) is 10.1. The Morgan fingerprint density at radius 3 is 1.91 bits per heavy atom. The molecule has 0 radical (unpaired) electrons. The number of amides is 2. The Balaban J connectivity index is 1.23. The maximum absolute atomic E-state index is 13.1. The molecule has 5 heteroatoms. The lowest BCUT2D eigenvalue weighted by Gasteiger charge is -2.42. The molecule has 3 aromatic carbocycles. The monoisotopic (exact) mass is 468 g/mol. The van der Waals surface area contributed by atoms with Crippen molar-refractivity contribution in [1.29, 1.82) is 0 Å². The molecule has 2 heterocycles. The number of benzene rings is 3. The third kappa shape index (κ3) is 4.92. The smallest absolute Gasteiger partial charge is 0.321 e. The lowest BCUT2D eigenvalue weighted by atomic mass is 9.68. The molecule has 2 saturated heterocycles. The average Bonchev–Trinajstić information content (AvgIpc) is 3.41. The quantitative estimate of drug-likeness (QED) is 0.542. The van der Waals surface area contributed by atoms with Crippen LogP contribution in [0, 0.1) is 0 Å². The molecule has 3 aromatic rings. The minimum absolute atomic E-state index is 0.0127. The van der Waals surface area contributed by atoms with Gasteiger partial charge < -0.3 is 20.0 Å². The third-order valence-corrected chi connectivity index (χ3v) is 7.93.